The zero-order valence-electron chi connectivity index (χ0n) is 10.2. The Morgan fingerprint density at radius 1 is 1.41 bits per heavy atom. The van der Waals surface area contributed by atoms with Crippen molar-refractivity contribution in [3.8, 4) is 0 Å². The number of hydrogen-bond acceptors (Lipinski definition) is 4. The van der Waals surface area contributed by atoms with Gasteiger partial charge in [-0.15, -0.1) is 0 Å². The summed E-state index contributed by atoms with van der Waals surface area (Å²) in [5, 5.41) is 0. The van der Waals surface area contributed by atoms with Crippen molar-refractivity contribution in [3.63, 3.8) is 0 Å². The van der Waals surface area contributed by atoms with Gasteiger partial charge in [0.05, 0.1) is 13.7 Å². The minimum absolute atomic E-state index is 0.0282. The van der Waals surface area contributed by atoms with Crippen LogP contribution in [-0.4, -0.2) is 41.2 Å². The highest BCUT2D eigenvalue weighted by Gasteiger charge is 2.38. The second-order valence-corrected chi connectivity index (χ2v) is 6.01. The molecule has 1 atom stereocenters. The predicted molar refractivity (Wildman–Crippen MR) is 64.5 cm³/mol. The van der Waals surface area contributed by atoms with E-state index in [9.17, 15) is 14.4 Å². The van der Waals surface area contributed by atoms with Gasteiger partial charge in [-0.3, -0.25) is 19.3 Å². The molecule has 1 saturated heterocycles. The number of methoxy groups -OCH3 is 1. The zero-order valence-corrected chi connectivity index (χ0v) is 11.7. The molecule has 6 heteroatoms. The van der Waals surface area contributed by atoms with Crippen LogP contribution in [0.2, 0.25) is 0 Å². The first kappa shape index (κ1) is 14.2. The number of likely N-dealkylation sites (tertiary alicyclic amines) is 1. The summed E-state index contributed by atoms with van der Waals surface area (Å²) in [5.41, 5.74) is -0.294. The maximum atomic E-state index is 11.8. The van der Waals surface area contributed by atoms with Crippen LogP contribution in [0.15, 0.2) is 0 Å². The van der Waals surface area contributed by atoms with E-state index in [2.05, 4.69) is 20.7 Å². The number of nitrogens with zero attached hydrogens (tertiary/aromatic N) is 1. The number of ether oxygens (including phenoxy) is 1. The Hall–Kier alpha value is -0.910. The maximum Gasteiger partial charge on any atom is 0.321 e. The molecule has 1 aliphatic rings. The fourth-order valence-corrected chi connectivity index (χ4v) is 2.25. The van der Waals surface area contributed by atoms with E-state index in [-0.39, 0.29) is 23.8 Å². The van der Waals surface area contributed by atoms with Crippen molar-refractivity contribution in [1.82, 2.24) is 4.90 Å². The lowest BCUT2D eigenvalue weighted by Crippen LogP contribution is -2.49. The van der Waals surface area contributed by atoms with Gasteiger partial charge in [-0.1, -0.05) is 29.8 Å². The monoisotopic (exact) mass is 305 g/mol. The third-order valence-electron chi connectivity index (χ3n) is 2.66. The van der Waals surface area contributed by atoms with E-state index >= 15 is 0 Å². The summed E-state index contributed by atoms with van der Waals surface area (Å²) in [6, 6.07) is 0. The maximum absolute atomic E-state index is 11.8. The molecule has 0 spiro atoms. The number of amides is 2. The lowest BCUT2D eigenvalue weighted by Gasteiger charge is -2.35. The number of piperidine rings is 1. The molecule has 17 heavy (non-hydrogen) atoms. The second-order valence-electron chi connectivity index (χ2n) is 4.91. The molecule has 0 aromatic heterocycles. The average Bonchev–Trinajstić information content (AvgIpc) is 2.20. The smallest absolute Gasteiger partial charge is 0.321 e. The summed E-state index contributed by atoms with van der Waals surface area (Å²) in [6.07, 6.45) is 0.638. The molecule has 1 fully saturated rings. The molecule has 1 unspecified atom stereocenters. The van der Waals surface area contributed by atoms with Crippen LogP contribution in [-0.2, 0) is 19.1 Å². The Balaban J connectivity index is 2.69. The minimum atomic E-state index is -0.665. The summed E-state index contributed by atoms with van der Waals surface area (Å²) in [6.45, 7) is 3.79. The average molecular weight is 306 g/mol. The Labute approximate surface area is 109 Å². The van der Waals surface area contributed by atoms with Gasteiger partial charge in [0.2, 0.25) is 11.8 Å². The summed E-state index contributed by atoms with van der Waals surface area (Å²) >= 11 is 3.10. The van der Waals surface area contributed by atoms with Crippen molar-refractivity contribution in [1.29, 1.82) is 0 Å². The molecular weight excluding hydrogens is 290 g/mol. The van der Waals surface area contributed by atoms with E-state index in [1.54, 1.807) is 0 Å². The number of esters is 1. The minimum Gasteiger partial charge on any atom is -0.468 e. The molecule has 0 radical (unpaired) electrons. The van der Waals surface area contributed by atoms with Crippen molar-refractivity contribution < 1.29 is 19.1 Å². The van der Waals surface area contributed by atoms with Crippen LogP contribution >= 0.6 is 15.9 Å². The number of imide groups is 1. The van der Waals surface area contributed by atoms with E-state index in [1.165, 1.54) is 7.11 Å². The zero-order chi connectivity index (χ0) is 13.2. The molecule has 1 aliphatic heterocycles. The van der Waals surface area contributed by atoms with Gasteiger partial charge in [0.1, 0.15) is 4.83 Å². The quantitative estimate of drug-likeness (QED) is 0.445. The van der Waals surface area contributed by atoms with Gasteiger partial charge in [-0.05, 0) is 5.41 Å². The molecule has 5 nitrogen and oxygen atoms in total. The number of halogens is 1. The van der Waals surface area contributed by atoms with E-state index in [4.69, 9.17) is 0 Å². The third-order valence-corrected chi connectivity index (χ3v) is 3.32. The normalized spacial score (nSPS) is 21.3. The predicted octanol–water partition coefficient (Wildman–Crippen LogP) is 1.10. The lowest BCUT2D eigenvalue weighted by atomic mass is 9.82. The van der Waals surface area contributed by atoms with E-state index in [1.807, 2.05) is 13.8 Å². The standard InChI is InChI=1S/C11H16BrNO4/c1-11(2)4-8(14)13(9(15)5-11)6-7(12)10(16)17-3/h7H,4-6H2,1-3H3. The van der Waals surface area contributed by atoms with Crippen LogP contribution in [0.5, 0.6) is 0 Å². The molecule has 0 N–H and O–H groups in total. The fourth-order valence-electron chi connectivity index (χ4n) is 1.78. The van der Waals surface area contributed by atoms with E-state index in [0.717, 1.165) is 4.90 Å². The van der Waals surface area contributed by atoms with E-state index < -0.39 is 10.8 Å². The van der Waals surface area contributed by atoms with Crippen LogP contribution in [0.4, 0.5) is 0 Å². The first-order chi connectivity index (χ1) is 7.76. The second kappa shape index (κ2) is 5.16. The Kier molecular flexibility index (Phi) is 4.30. The largest absolute Gasteiger partial charge is 0.468 e. The van der Waals surface area contributed by atoms with Gasteiger partial charge in [-0.25, -0.2) is 0 Å². The summed E-state index contributed by atoms with van der Waals surface area (Å²) < 4.78 is 4.53. The van der Waals surface area contributed by atoms with Crippen molar-refractivity contribution in [3.05, 3.63) is 0 Å². The highest BCUT2D eigenvalue weighted by molar-refractivity contribution is 9.10. The topological polar surface area (TPSA) is 63.7 Å². The van der Waals surface area contributed by atoms with Gasteiger partial charge in [-0.2, -0.15) is 0 Å². The number of alkyl halides is 1. The molecule has 2 amide bonds. The first-order valence-corrected chi connectivity index (χ1v) is 6.23. The summed E-state index contributed by atoms with van der Waals surface area (Å²) in [4.78, 5) is 35.3. The van der Waals surface area contributed by atoms with Gasteiger partial charge in [0.25, 0.3) is 0 Å². The number of hydrogen-bond donors (Lipinski definition) is 0. The lowest BCUT2D eigenvalue weighted by molar-refractivity contribution is -0.153. The highest BCUT2D eigenvalue weighted by atomic mass is 79.9. The van der Waals surface area contributed by atoms with Crippen molar-refractivity contribution in [2.24, 2.45) is 5.41 Å². The van der Waals surface area contributed by atoms with Gasteiger partial charge >= 0.3 is 5.97 Å². The van der Waals surface area contributed by atoms with Gasteiger partial charge in [0, 0.05) is 12.8 Å². The third kappa shape index (κ3) is 3.52. The summed E-state index contributed by atoms with van der Waals surface area (Å²) in [5.74, 6) is -0.963. The van der Waals surface area contributed by atoms with Crippen LogP contribution < -0.4 is 0 Å². The van der Waals surface area contributed by atoms with Crippen LogP contribution in [0.25, 0.3) is 0 Å². The molecule has 0 aromatic carbocycles. The number of carbonyl (C=O) groups excluding carboxylic acids is 3. The van der Waals surface area contributed by atoms with Crippen molar-refractivity contribution in [2.45, 2.75) is 31.5 Å². The first-order valence-electron chi connectivity index (χ1n) is 5.32. The molecule has 0 aromatic rings. The molecule has 1 rings (SSSR count). The molecule has 0 bridgehead atoms. The molecule has 0 aliphatic carbocycles. The van der Waals surface area contributed by atoms with Crippen molar-refractivity contribution >= 4 is 33.7 Å². The Morgan fingerprint density at radius 3 is 2.29 bits per heavy atom. The van der Waals surface area contributed by atoms with Crippen LogP contribution in [0.3, 0.4) is 0 Å². The molecule has 1 heterocycles. The Morgan fingerprint density at radius 2 is 1.88 bits per heavy atom. The summed E-state index contributed by atoms with van der Waals surface area (Å²) in [7, 11) is 1.26. The van der Waals surface area contributed by atoms with Crippen LogP contribution in [0.1, 0.15) is 26.7 Å². The molecule has 96 valence electrons. The Bertz CT molecular complexity index is 333. The van der Waals surface area contributed by atoms with Gasteiger partial charge in [0.15, 0.2) is 0 Å². The van der Waals surface area contributed by atoms with Crippen molar-refractivity contribution in [2.75, 3.05) is 13.7 Å². The molecule has 0 saturated carbocycles. The highest BCUT2D eigenvalue weighted by Crippen LogP contribution is 2.31. The molecular formula is C11H16BrNO4. The van der Waals surface area contributed by atoms with E-state index in [0.29, 0.717) is 12.8 Å². The van der Waals surface area contributed by atoms with Gasteiger partial charge < -0.3 is 4.74 Å². The fraction of sp³-hybridized carbons (Fsp3) is 0.727. The van der Waals surface area contributed by atoms with Crippen LogP contribution in [0, 0.1) is 5.41 Å². The SMILES string of the molecule is COC(=O)C(Br)CN1C(=O)CC(C)(C)CC1=O. The number of carbonyl (C=O) groups is 3. The number of rotatable bonds is 3.